The minimum Gasteiger partial charge on any atom is -0.466 e. The van der Waals surface area contributed by atoms with Gasteiger partial charge in [0, 0.05) is 6.08 Å². The van der Waals surface area contributed by atoms with Crippen LogP contribution in [0, 0.1) is 17.3 Å². The van der Waals surface area contributed by atoms with Crippen molar-refractivity contribution in [2.75, 3.05) is 7.11 Å². The van der Waals surface area contributed by atoms with Gasteiger partial charge in [-0.15, -0.1) is 0 Å². The molecule has 74 valence electrons. The van der Waals surface area contributed by atoms with Crippen LogP contribution in [0.25, 0.3) is 0 Å². The van der Waals surface area contributed by atoms with Crippen molar-refractivity contribution in [3.8, 4) is 0 Å². The van der Waals surface area contributed by atoms with Crippen LogP contribution in [0.15, 0.2) is 11.6 Å². The van der Waals surface area contributed by atoms with E-state index in [0.29, 0.717) is 17.3 Å². The van der Waals surface area contributed by atoms with Gasteiger partial charge in [-0.3, -0.25) is 0 Å². The number of carbonyl (C=O) groups is 1. The van der Waals surface area contributed by atoms with Gasteiger partial charge in [-0.1, -0.05) is 33.3 Å². The molecule has 0 aromatic carbocycles. The second kappa shape index (κ2) is 3.17. The van der Waals surface area contributed by atoms with Crippen LogP contribution in [-0.2, 0) is 9.53 Å². The molecule has 1 fully saturated rings. The highest BCUT2D eigenvalue weighted by molar-refractivity contribution is 5.83. The van der Waals surface area contributed by atoms with Crippen molar-refractivity contribution >= 4 is 5.97 Å². The largest absolute Gasteiger partial charge is 0.466 e. The van der Waals surface area contributed by atoms with Crippen molar-refractivity contribution in [3.63, 3.8) is 0 Å². The van der Waals surface area contributed by atoms with Gasteiger partial charge >= 0.3 is 5.97 Å². The van der Waals surface area contributed by atoms with Crippen LogP contribution >= 0.6 is 0 Å². The summed E-state index contributed by atoms with van der Waals surface area (Å²) in [5.41, 5.74) is 1.54. The van der Waals surface area contributed by atoms with E-state index in [1.54, 1.807) is 6.08 Å². The number of ether oxygens (including phenoxy) is 1. The minimum atomic E-state index is -0.232. The molecule has 1 rings (SSSR count). The Balaban J connectivity index is 2.77. The molecule has 0 aromatic rings. The Labute approximate surface area is 80.0 Å². The first-order chi connectivity index (χ1) is 5.91. The lowest BCUT2D eigenvalue weighted by Gasteiger charge is -2.51. The third kappa shape index (κ3) is 1.50. The van der Waals surface area contributed by atoms with Crippen LogP contribution < -0.4 is 0 Å². The zero-order valence-electron chi connectivity index (χ0n) is 9.05. The van der Waals surface area contributed by atoms with E-state index < -0.39 is 0 Å². The normalized spacial score (nSPS) is 34.1. The molecule has 1 saturated carbocycles. The fourth-order valence-electron chi connectivity index (χ4n) is 1.96. The maximum Gasteiger partial charge on any atom is 0.330 e. The number of esters is 1. The Morgan fingerprint density at radius 2 is 1.85 bits per heavy atom. The summed E-state index contributed by atoms with van der Waals surface area (Å²) >= 11 is 0. The molecule has 0 aliphatic heterocycles. The van der Waals surface area contributed by atoms with Crippen LogP contribution in [0.5, 0.6) is 0 Å². The van der Waals surface area contributed by atoms with Gasteiger partial charge in [-0.2, -0.15) is 0 Å². The van der Waals surface area contributed by atoms with Gasteiger partial charge in [-0.05, 0) is 17.3 Å². The molecule has 0 radical (unpaired) electrons. The lowest BCUT2D eigenvalue weighted by Crippen LogP contribution is -2.44. The summed E-state index contributed by atoms with van der Waals surface area (Å²) in [6, 6.07) is 0. The summed E-state index contributed by atoms with van der Waals surface area (Å²) < 4.78 is 4.61. The van der Waals surface area contributed by atoms with Crippen LogP contribution in [0.4, 0.5) is 0 Å². The predicted molar refractivity (Wildman–Crippen MR) is 52.2 cm³/mol. The summed E-state index contributed by atoms with van der Waals surface area (Å²) in [7, 11) is 1.42. The third-order valence-electron chi connectivity index (χ3n) is 3.72. The van der Waals surface area contributed by atoms with Crippen molar-refractivity contribution in [2.24, 2.45) is 17.3 Å². The fourth-order valence-corrected chi connectivity index (χ4v) is 1.96. The average molecular weight is 182 g/mol. The van der Waals surface area contributed by atoms with Crippen molar-refractivity contribution in [2.45, 2.75) is 27.7 Å². The Hall–Kier alpha value is -0.790. The minimum absolute atomic E-state index is 0.232. The SMILES string of the molecule is COC(=O)C=C1[C@@H](C)C(C)(C)[C@H]1C. The Kier molecular flexibility index (Phi) is 2.51. The Bertz CT molecular complexity index is 237. The van der Waals surface area contributed by atoms with Gasteiger partial charge in [-0.25, -0.2) is 4.79 Å². The molecule has 0 heterocycles. The van der Waals surface area contributed by atoms with Gasteiger partial charge in [0.1, 0.15) is 0 Å². The number of methoxy groups -OCH3 is 1. The van der Waals surface area contributed by atoms with Crippen LogP contribution in [0.2, 0.25) is 0 Å². The van der Waals surface area contributed by atoms with E-state index in [2.05, 4.69) is 32.4 Å². The standard InChI is InChI=1S/C11H18O2/c1-7-9(6-10(12)13-5)8(2)11(7,3)4/h6-8H,1-5H3/t7-,8+. The fraction of sp³-hybridized carbons (Fsp3) is 0.727. The topological polar surface area (TPSA) is 26.3 Å². The molecular weight excluding hydrogens is 164 g/mol. The molecule has 1 aliphatic rings. The number of hydrogen-bond acceptors (Lipinski definition) is 2. The van der Waals surface area contributed by atoms with Crippen LogP contribution in [0.3, 0.4) is 0 Å². The zero-order valence-corrected chi connectivity index (χ0v) is 9.05. The molecule has 0 unspecified atom stereocenters. The zero-order chi connectivity index (χ0) is 10.2. The molecule has 13 heavy (non-hydrogen) atoms. The first kappa shape index (κ1) is 10.3. The molecule has 0 N–H and O–H groups in total. The number of allylic oxidation sites excluding steroid dienone is 1. The molecule has 0 aromatic heterocycles. The number of carbonyl (C=O) groups excluding carboxylic acids is 1. The maximum absolute atomic E-state index is 11.0. The van der Waals surface area contributed by atoms with E-state index >= 15 is 0 Å². The first-order valence-corrected chi connectivity index (χ1v) is 4.70. The first-order valence-electron chi connectivity index (χ1n) is 4.70. The predicted octanol–water partition coefficient (Wildman–Crippen LogP) is 2.40. The van der Waals surface area contributed by atoms with E-state index in [1.165, 1.54) is 12.7 Å². The second-order valence-corrected chi connectivity index (χ2v) is 4.43. The smallest absolute Gasteiger partial charge is 0.330 e. The summed E-state index contributed by atoms with van der Waals surface area (Å²) in [4.78, 5) is 11.0. The Morgan fingerprint density at radius 1 is 1.38 bits per heavy atom. The van der Waals surface area contributed by atoms with Crippen molar-refractivity contribution < 1.29 is 9.53 Å². The lowest BCUT2D eigenvalue weighted by molar-refractivity contribution is -0.135. The summed E-state index contributed by atoms with van der Waals surface area (Å²) in [5.74, 6) is 0.743. The number of hydrogen-bond donors (Lipinski definition) is 0. The van der Waals surface area contributed by atoms with Gasteiger partial charge in [0.2, 0.25) is 0 Å². The van der Waals surface area contributed by atoms with Crippen LogP contribution in [0.1, 0.15) is 27.7 Å². The monoisotopic (exact) mass is 182 g/mol. The maximum atomic E-state index is 11.0. The molecule has 0 bridgehead atoms. The van der Waals surface area contributed by atoms with Crippen molar-refractivity contribution in [3.05, 3.63) is 11.6 Å². The van der Waals surface area contributed by atoms with Gasteiger partial charge in [0.05, 0.1) is 7.11 Å². The molecule has 2 atom stereocenters. The van der Waals surface area contributed by atoms with E-state index in [0.717, 1.165) is 0 Å². The molecule has 2 nitrogen and oxygen atoms in total. The second-order valence-electron chi connectivity index (χ2n) is 4.43. The van der Waals surface area contributed by atoms with E-state index in [-0.39, 0.29) is 5.97 Å². The van der Waals surface area contributed by atoms with Gasteiger partial charge in [0.25, 0.3) is 0 Å². The summed E-state index contributed by atoms with van der Waals surface area (Å²) in [5, 5.41) is 0. The molecule has 1 aliphatic carbocycles. The lowest BCUT2D eigenvalue weighted by atomic mass is 9.53. The van der Waals surface area contributed by atoms with Crippen molar-refractivity contribution in [1.82, 2.24) is 0 Å². The highest BCUT2D eigenvalue weighted by atomic mass is 16.5. The third-order valence-corrected chi connectivity index (χ3v) is 3.72. The molecule has 0 saturated heterocycles. The Morgan fingerprint density at radius 3 is 2.23 bits per heavy atom. The van der Waals surface area contributed by atoms with E-state index in [1.807, 2.05) is 0 Å². The highest BCUT2D eigenvalue weighted by Crippen LogP contribution is 2.54. The highest BCUT2D eigenvalue weighted by Gasteiger charge is 2.46. The van der Waals surface area contributed by atoms with Gasteiger partial charge in [0.15, 0.2) is 0 Å². The molecule has 2 heteroatoms. The molecular formula is C11H18O2. The average Bonchev–Trinajstić information content (AvgIpc) is 2.12. The number of rotatable bonds is 1. The summed E-state index contributed by atoms with van der Waals surface area (Å²) in [6.45, 7) is 8.79. The van der Waals surface area contributed by atoms with Crippen molar-refractivity contribution in [1.29, 1.82) is 0 Å². The quantitative estimate of drug-likeness (QED) is 0.460. The molecule has 0 amide bonds. The van der Waals surface area contributed by atoms with E-state index in [9.17, 15) is 4.79 Å². The van der Waals surface area contributed by atoms with Crippen LogP contribution in [-0.4, -0.2) is 13.1 Å². The van der Waals surface area contributed by atoms with Gasteiger partial charge < -0.3 is 4.74 Å². The summed E-state index contributed by atoms with van der Waals surface area (Å²) in [6.07, 6.45) is 1.64. The van der Waals surface area contributed by atoms with E-state index in [4.69, 9.17) is 0 Å². The molecule has 0 spiro atoms.